The number of nitrogens with one attached hydrogen (secondary N) is 1. The van der Waals surface area contributed by atoms with Gasteiger partial charge in [0.1, 0.15) is 5.82 Å². The van der Waals surface area contributed by atoms with Crippen LogP contribution in [0.3, 0.4) is 0 Å². The molecule has 0 radical (unpaired) electrons. The van der Waals surface area contributed by atoms with E-state index in [0.717, 1.165) is 43.1 Å². The maximum Gasteiger partial charge on any atom is 0.254 e. The normalized spacial score (nSPS) is 21.9. The van der Waals surface area contributed by atoms with Crippen LogP contribution in [0.25, 0.3) is 0 Å². The minimum atomic E-state index is 0.108. The predicted molar refractivity (Wildman–Crippen MR) is 86.5 cm³/mol. The van der Waals surface area contributed by atoms with Crippen LogP contribution >= 0.6 is 0 Å². The lowest BCUT2D eigenvalue weighted by Gasteiger charge is -2.33. The summed E-state index contributed by atoms with van der Waals surface area (Å²) in [6, 6.07) is 4.05. The molecule has 1 aliphatic rings. The van der Waals surface area contributed by atoms with Gasteiger partial charge in [0.2, 0.25) is 0 Å². The second kappa shape index (κ2) is 7.43. The van der Waals surface area contributed by atoms with Crippen molar-refractivity contribution in [2.24, 2.45) is 5.92 Å². The molecule has 0 saturated heterocycles. The fraction of sp³-hybridized carbons (Fsp3) is 0.647. The van der Waals surface area contributed by atoms with Crippen molar-refractivity contribution in [1.29, 1.82) is 0 Å². The van der Waals surface area contributed by atoms with Crippen molar-refractivity contribution in [3.05, 3.63) is 23.9 Å². The molecule has 1 fully saturated rings. The zero-order chi connectivity index (χ0) is 15.2. The van der Waals surface area contributed by atoms with Gasteiger partial charge in [-0.2, -0.15) is 0 Å². The van der Waals surface area contributed by atoms with Crippen molar-refractivity contribution in [3.8, 4) is 0 Å². The molecule has 1 aliphatic carbocycles. The Morgan fingerprint density at radius 3 is 2.76 bits per heavy atom. The van der Waals surface area contributed by atoms with E-state index in [0.29, 0.717) is 6.04 Å². The van der Waals surface area contributed by atoms with Gasteiger partial charge in [0.25, 0.3) is 5.91 Å². The number of anilines is 1. The van der Waals surface area contributed by atoms with Gasteiger partial charge in [0.05, 0.1) is 0 Å². The minimum absolute atomic E-state index is 0.108. The first-order chi connectivity index (χ1) is 10.1. The van der Waals surface area contributed by atoms with Gasteiger partial charge in [-0.1, -0.05) is 13.8 Å². The number of aromatic nitrogens is 1. The maximum absolute atomic E-state index is 12.6. The summed E-state index contributed by atoms with van der Waals surface area (Å²) in [6.07, 6.45) is 7.44. The van der Waals surface area contributed by atoms with Crippen molar-refractivity contribution in [2.45, 2.75) is 52.0 Å². The second-order valence-corrected chi connectivity index (χ2v) is 6.19. The van der Waals surface area contributed by atoms with Gasteiger partial charge in [-0.25, -0.2) is 4.98 Å². The Morgan fingerprint density at radius 2 is 2.10 bits per heavy atom. The molecule has 1 aromatic rings. The van der Waals surface area contributed by atoms with Crippen LogP contribution in [0.1, 0.15) is 56.3 Å². The average molecular weight is 289 g/mol. The first-order valence-corrected chi connectivity index (χ1v) is 8.09. The molecule has 21 heavy (non-hydrogen) atoms. The Balaban J connectivity index is 2.01. The van der Waals surface area contributed by atoms with Crippen LogP contribution in [-0.2, 0) is 0 Å². The molecule has 0 bridgehead atoms. The fourth-order valence-corrected chi connectivity index (χ4v) is 2.91. The summed E-state index contributed by atoms with van der Waals surface area (Å²) < 4.78 is 0. The highest BCUT2D eigenvalue weighted by molar-refractivity contribution is 5.94. The Labute approximate surface area is 127 Å². The van der Waals surface area contributed by atoms with Crippen LogP contribution in [0.2, 0.25) is 0 Å². The predicted octanol–water partition coefficient (Wildman–Crippen LogP) is 3.55. The topological polar surface area (TPSA) is 45.2 Å². The van der Waals surface area contributed by atoms with E-state index in [1.807, 2.05) is 18.0 Å². The number of carbonyl (C=O) groups excluding carboxylic acids is 1. The molecule has 1 amide bonds. The first kappa shape index (κ1) is 15.8. The summed E-state index contributed by atoms with van der Waals surface area (Å²) in [6.45, 7) is 5.29. The van der Waals surface area contributed by atoms with Gasteiger partial charge in [0, 0.05) is 31.4 Å². The van der Waals surface area contributed by atoms with E-state index in [4.69, 9.17) is 0 Å². The van der Waals surface area contributed by atoms with E-state index in [-0.39, 0.29) is 5.91 Å². The molecule has 0 aromatic carbocycles. The molecule has 0 aliphatic heterocycles. The third-order valence-corrected chi connectivity index (χ3v) is 4.42. The third kappa shape index (κ3) is 4.19. The van der Waals surface area contributed by atoms with Gasteiger partial charge in [-0.3, -0.25) is 4.79 Å². The van der Waals surface area contributed by atoms with E-state index in [1.54, 1.807) is 12.3 Å². The molecule has 1 N–H and O–H groups in total. The van der Waals surface area contributed by atoms with E-state index in [2.05, 4.69) is 24.1 Å². The molecular weight excluding hydrogens is 262 g/mol. The number of amides is 1. The number of nitrogens with zero attached hydrogens (tertiary/aromatic N) is 2. The maximum atomic E-state index is 12.6. The molecule has 0 spiro atoms. The van der Waals surface area contributed by atoms with E-state index in [9.17, 15) is 4.79 Å². The molecular formula is C17H27N3O. The van der Waals surface area contributed by atoms with Gasteiger partial charge in [0.15, 0.2) is 0 Å². The summed E-state index contributed by atoms with van der Waals surface area (Å²) in [4.78, 5) is 18.8. The average Bonchev–Trinajstić information content (AvgIpc) is 2.52. The van der Waals surface area contributed by atoms with Crippen LogP contribution in [0.15, 0.2) is 18.3 Å². The van der Waals surface area contributed by atoms with Crippen LogP contribution in [0.5, 0.6) is 0 Å². The van der Waals surface area contributed by atoms with Crippen molar-refractivity contribution in [1.82, 2.24) is 9.88 Å². The SMILES string of the molecule is CCCNc1cc(C(=O)N(C)C2CCC(C)CC2)ccn1. The molecule has 4 heteroatoms. The van der Waals surface area contributed by atoms with Gasteiger partial charge < -0.3 is 10.2 Å². The lowest BCUT2D eigenvalue weighted by Crippen LogP contribution is -2.39. The van der Waals surface area contributed by atoms with Crippen LogP contribution in [0.4, 0.5) is 5.82 Å². The van der Waals surface area contributed by atoms with Crippen molar-refractivity contribution in [3.63, 3.8) is 0 Å². The summed E-state index contributed by atoms with van der Waals surface area (Å²) in [7, 11) is 1.93. The third-order valence-electron chi connectivity index (χ3n) is 4.42. The Kier molecular flexibility index (Phi) is 5.59. The zero-order valence-electron chi connectivity index (χ0n) is 13.4. The minimum Gasteiger partial charge on any atom is -0.370 e. The van der Waals surface area contributed by atoms with Crippen molar-refractivity contribution in [2.75, 3.05) is 18.9 Å². The number of pyridine rings is 1. The van der Waals surface area contributed by atoms with E-state index in [1.165, 1.54) is 12.8 Å². The van der Waals surface area contributed by atoms with E-state index < -0.39 is 0 Å². The number of hydrogen-bond donors (Lipinski definition) is 1. The molecule has 1 heterocycles. The first-order valence-electron chi connectivity index (χ1n) is 8.09. The molecule has 4 nitrogen and oxygen atoms in total. The van der Waals surface area contributed by atoms with E-state index >= 15 is 0 Å². The number of carbonyl (C=O) groups is 1. The van der Waals surface area contributed by atoms with Crippen molar-refractivity contribution < 1.29 is 4.79 Å². The summed E-state index contributed by atoms with van der Waals surface area (Å²) in [5, 5.41) is 3.23. The second-order valence-electron chi connectivity index (χ2n) is 6.19. The van der Waals surface area contributed by atoms with Gasteiger partial charge in [-0.05, 0) is 50.2 Å². The summed E-state index contributed by atoms with van der Waals surface area (Å²) in [5.74, 6) is 1.69. The molecule has 1 aromatic heterocycles. The van der Waals surface area contributed by atoms with Crippen LogP contribution < -0.4 is 5.32 Å². The zero-order valence-corrected chi connectivity index (χ0v) is 13.4. The highest BCUT2D eigenvalue weighted by Crippen LogP contribution is 2.27. The largest absolute Gasteiger partial charge is 0.370 e. The lowest BCUT2D eigenvalue weighted by atomic mass is 9.86. The Hall–Kier alpha value is -1.58. The number of rotatable bonds is 5. The Bertz CT molecular complexity index is 467. The summed E-state index contributed by atoms with van der Waals surface area (Å²) in [5.41, 5.74) is 0.727. The Morgan fingerprint density at radius 1 is 1.38 bits per heavy atom. The van der Waals surface area contributed by atoms with Gasteiger partial charge in [-0.15, -0.1) is 0 Å². The van der Waals surface area contributed by atoms with Gasteiger partial charge >= 0.3 is 0 Å². The molecule has 116 valence electrons. The number of hydrogen-bond acceptors (Lipinski definition) is 3. The molecule has 1 saturated carbocycles. The highest BCUT2D eigenvalue weighted by atomic mass is 16.2. The highest BCUT2D eigenvalue weighted by Gasteiger charge is 2.25. The smallest absolute Gasteiger partial charge is 0.254 e. The summed E-state index contributed by atoms with van der Waals surface area (Å²) >= 11 is 0. The molecule has 0 atom stereocenters. The quantitative estimate of drug-likeness (QED) is 0.901. The molecule has 0 unspecified atom stereocenters. The van der Waals surface area contributed by atoms with Crippen LogP contribution in [-0.4, -0.2) is 35.4 Å². The van der Waals surface area contributed by atoms with Crippen LogP contribution in [0, 0.1) is 5.92 Å². The lowest BCUT2D eigenvalue weighted by molar-refractivity contribution is 0.0679. The standard InChI is InChI=1S/C17H27N3O/c1-4-10-18-16-12-14(9-11-19-16)17(21)20(3)15-7-5-13(2)6-8-15/h9,11-13,15H,4-8,10H2,1-3H3,(H,18,19). The fourth-order valence-electron chi connectivity index (χ4n) is 2.91. The molecule has 2 rings (SSSR count). The monoisotopic (exact) mass is 289 g/mol. The van der Waals surface area contributed by atoms with Crippen molar-refractivity contribution >= 4 is 11.7 Å².